The lowest BCUT2D eigenvalue weighted by molar-refractivity contribution is 0.312. The third-order valence-corrected chi connectivity index (χ3v) is 5.50. The van der Waals surface area contributed by atoms with Crippen molar-refractivity contribution >= 4 is 23.1 Å². The van der Waals surface area contributed by atoms with Gasteiger partial charge in [-0.15, -0.1) is 11.3 Å². The first kappa shape index (κ1) is 18.7. The summed E-state index contributed by atoms with van der Waals surface area (Å²) in [6.07, 6.45) is 2.97. The highest BCUT2D eigenvalue weighted by molar-refractivity contribution is 7.09. The number of aromatic nitrogens is 1. The van der Waals surface area contributed by atoms with Crippen LogP contribution in [0.4, 0.5) is 5.82 Å². The average Bonchev–Trinajstić information content (AvgIpc) is 3.19. The molecule has 0 unspecified atom stereocenters. The van der Waals surface area contributed by atoms with E-state index in [0.717, 1.165) is 56.5 Å². The number of piperazine rings is 1. The zero-order valence-electron chi connectivity index (χ0n) is 15.6. The maximum atomic E-state index is 4.64. The van der Waals surface area contributed by atoms with Crippen LogP contribution >= 0.6 is 11.3 Å². The van der Waals surface area contributed by atoms with Crippen molar-refractivity contribution < 1.29 is 0 Å². The summed E-state index contributed by atoms with van der Waals surface area (Å²) in [6.45, 7) is 5.87. The molecule has 0 bridgehead atoms. The largest absolute Gasteiger partial charge is 0.356 e. The van der Waals surface area contributed by atoms with E-state index in [4.69, 9.17) is 0 Å². The molecule has 1 aliphatic heterocycles. The molecule has 1 aliphatic rings. The molecule has 0 saturated carbocycles. The molecule has 26 heavy (non-hydrogen) atoms. The van der Waals surface area contributed by atoms with Crippen molar-refractivity contribution in [2.45, 2.75) is 13.0 Å². The summed E-state index contributed by atoms with van der Waals surface area (Å²) < 4.78 is 0. The monoisotopic (exact) mass is 372 g/mol. The summed E-state index contributed by atoms with van der Waals surface area (Å²) in [5, 5.41) is 8.82. The minimum atomic E-state index is 0.717. The highest BCUT2D eigenvalue weighted by Crippen LogP contribution is 2.13. The molecule has 1 saturated heterocycles. The van der Waals surface area contributed by atoms with Crippen LogP contribution in [0.5, 0.6) is 0 Å². The van der Waals surface area contributed by atoms with Crippen LogP contribution in [0.3, 0.4) is 0 Å². The van der Waals surface area contributed by atoms with Gasteiger partial charge >= 0.3 is 0 Å². The Morgan fingerprint density at radius 2 is 2.04 bits per heavy atom. The van der Waals surface area contributed by atoms with Gasteiger partial charge in [0.2, 0.25) is 0 Å². The van der Waals surface area contributed by atoms with E-state index in [0.29, 0.717) is 6.54 Å². The van der Waals surface area contributed by atoms with Gasteiger partial charge in [-0.1, -0.05) is 12.1 Å². The predicted octanol–water partition coefficient (Wildman–Crippen LogP) is 1.80. The lowest BCUT2D eigenvalue weighted by Crippen LogP contribution is -2.44. The van der Waals surface area contributed by atoms with Crippen LogP contribution in [0.2, 0.25) is 0 Å². The number of hydrogen-bond donors (Lipinski definition) is 2. The Hall–Kier alpha value is -2.12. The molecule has 0 spiro atoms. The molecule has 6 nitrogen and oxygen atoms in total. The Labute approximate surface area is 160 Å². The molecule has 2 aromatic rings. The van der Waals surface area contributed by atoms with Gasteiger partial charge in [0.05, 0.1) is 0 Å². The number of rotatable bonds is 6. The predicted molar refractivity (Wildman–Crippen MR) is 110 cm³/mol. The van der Waals surface area contributed by atoms with E-state index < -0.39 is 0 Å². The normalized spacial score (nSPS) is 15.9. The van der Waals surface area contributed by atoms with Gasteiger partial charge in [-0.05, 0) is 36.5 Å². The first-order chi connectivity index (χ1) is 12.7. The molecule has 0 atom stereocenters. The number of nitrogens with zero attached hydrogens (tertiary/aromatic N) is 4. The Morgan fingerprint density at radius 1 is 1.19 bits per heavy atom. The summed E-state index contributed by atoms with van der Waals surface area (Å²) in [6, 6.07) is 8.52. The molecule has 140 valence electrons. The average molecular weight is 373 g/mol. The molecule has 0 aliphatic carbocycles. The van der Waals surface area contributed by atoms with Gasteiger partial charge < -0.3 is 20.4 Å². The molecule has 2 N–H and O–H groups in total. The Bertz CT molecular complexity index is 675. The summed E-state index contributed by atoms with van der Waals surface area (Å²) in [5.74, 6) is 1.89. The number of thiophene rings is 1. The highest BCUT2D eigenvalue weighted by atomic mass is 32.1. The van der Waals surface area contributed by atoms with Gasteiger partial charge in [0.15, 0.2) is 5.96 Å². The van der Waals surface area contributed by atoms with E-state index in [1.54, 1.807) is 18.4 Å². The Kier molecular flexibility index (Phi) is 6.85. The van der Waals surface area contributed by atoms with E-state index in [9.17, 15) is 0 Å². The fourth-order valence-corrected chi connectivity index (χ4v) is 3.62. The molecule has 3 rings (SSSR count). The number of aliphatic imine (C=N–C) groups is 1. The Balaban J connectivity index is 1.43. The van der Waals surface area contributed by atoms with Crippen molar-refractivity contribution in [3.63, 3.8) is 0 Å². The number of pyridine rings is 1. The summed E-state index contributed by atoms with van der Waals surface area (Å²) >= 11 is 1.79. The zero-order chi connectivity index (χ0) is 18.2. The summed E-state index contributed by atoms with van der Waals surface area (Å²) in [5.41, 5.74) is 1.16. The van der Waals surface area contributed by atoms with Gasteiger partial charge in [0.25, 0.3) is 0 Å². The standard InChI is InChI=1S/C19H28N6S/c1-20-19(21-8-7-17-4-3-13-26-17)23-15-16-5-6-18(22-14-16)25-11-9-24(2)10-12-25/h3-6,13-14H,7-12,15H2,1-2H3,(H2,20,21,23). The molecule has 1 fully saturated rings. The van der Waals surface area contributed by atoms with Gasteiger partial charge in [-0.3, -0.25) is 4.99 Å². The van der Waals surface area contributed by atoms with E-state index in [2.05, 4.69) is 67.1 Å². The lowest BCUT2D eigenvalue weighted by atomic mass is 10.2. The lowest BCUT2D eigenvalue weighted by Gasteiger charge is -2.33. The fraction of sp³-hybridized carbons (Fsp3) is 0.474. The molecular formula is C19H28N6S. The Morgan fingerprint density at radius 3 is 2.69 bits per heavy atom. The van der Waals surface area contributed by atoms with Crippen LogP contribution in [0, 0.1) is 0 Å². The molecule has 3 heterocycles. The minimum Gasteiger partial charge on any atom is -0.356 e. The maximum Gasteiger partial charge on any atom is 0.191 e. The van der Waals surface area contributed by atoms with E-state index in [1.165, 1.54) is 4.88 Å². The quantitative estimate of drug-likeness (QED) is 0.598. The van der Waals surface area contributed by atoms with Gasteiger partial charge in [0, 0.05) is 57.4 Å². The second kappa shape index (κ2) is 9.54. The number of nitrogens with one attached hydrogen (secondary N) is 2. The molecule has 0 amide bonds. The summed E-state index contributed by atoms with van der Waals surface area (Å²) in [4.78, 5) is 15.0. The molecular weight excluding hydrogens is 344 g/mol. The maximum absolute atomic E-state index is 4.64. The first-order valence-corrected chi connectivity index (χ1v) is 9.98. The third kappa shape index (κ3) is 5.44. The van der Waals surface area contributed by atoms with Crippen molar-refractivity contribution in [2.75, 3.05) is 51.7 Å². The number of anilines is 1. The van der Waals surface area contributed by atoms with Crippen LogP contribution < -0.4 is 15.5 Å². The van der Waals surface area contributed by atoms with Crippen LogP contribution in [0.1, 0.15) is 10.4 Å². The van der Waals surface area contributed by atoms with Gasteiger partial charge in [-0.25, -0.2) is 4.98 Å². The minimum absolute atomic E-state index is 0.717. The SMILES string of the molecule is CN=C(NCCc1cccs1)NCc1ccc(N2CCN(C)CC2)nc1. The van der Waals surface area contributed by atoms with Crippen LogP contribution in [0.15, 0.2) is 40.8 Å². The third-order valence-electron chi connectivity index (χ3n) is 4.56. The topological polar surface area (TPSA) is 55.8 Å². The van der Waals surface area contributed by atoms with E-state index in [-0.39, 0.29) is 0 Å². The molecule has 2 aromatic heterocycles. The van der Waals surface area contributed by atoms with Gasteiger partial charge in [-0.2, -0.15) is 0 Å². The van der Waals surface area contributed by atoms with Crippen LogP contribution in [-0.4, -0.2) is 62.7 Å². The zero-order valence-corrected chi connectivity index (χ0v) is 16.4. The first-order valence-electron chi connectivity index (χ1n) is 9.10. The van der Waals surface area contributed by atoms with Crippen molar-refractivity contribution in [3.8, 4) is 0 Å². The molecule has 7 heteroatoms. The van der Waals surface area contributed by atoms with Crippen molar-refractivity contribution in [1.29, 1.82) is 0 Å². The number of hydrogen-bond acceptors (Lipinski definition) is 5. The number of guanidine groups is 1. The van der Waals surface area contributed by atoms with Crippen molar-refractivity contribution in [3.05, 3.63) is 46.3 Å². The van der Waals surface area contributed by atoms with Crippen molar-refractivity contribution in [2.24, 2.45) is 4.99 Å². The van der Waals surface area contributed by atoms with Crippen LogP contribution in [-0.2, 0) is 13.0 Å². The van der Waals surface area contributed by atoms with Gasteiger partial charge in [0.1, 0.15) is 5.82 Å². The molecule has 0 aromatic carbocycles. The van der Waals surface area contributed by atoms with E-state index in [1.807, 2.05) is 6.20 Å². The molecule has 0 radical (unpaired) electrons. The summed E-state index contributed by atoms with van der Waals surface area (Å²) in [7, 11) is 3.97. The second-order valence-electron chi connectivity index (χ2n) is 6.50. The van der Waals surface area contributed by atoms with E-state index >= 15 is 0 Å². The van der Waals surface area contributed by atoms with Crippen LogP contribution in [0.25, 0.3) is 0 Å². The highest BCUT2D eigenvalue weighted by Gasteiger charge is 2.14. The fourth-order valence-electron chi connectivity index (χ4n) is 2.91. The smallest absolute Gasteiger partial charge is 0.191 e. The number of likely N-dealkylation sites (N-methyl/N-ethyl adjacent to an activating group) is 1. The second-order valence-corrected chi connectivity index (χ2v) is 7.53. The van der Waals surface area contributed by atoms with Crippen molar-refractivity contribution in [1.82, 2.24) is 20.5 Å².